The van der Waals surface area contributed by atoms with Gasteiger partial charge in [-0.15, -0.1) is 0 Å². The maximum absolute atomic E-state index is 5.59. The van der Waals surface area contributed by atoms with Crippen LogP contribution in [0.15, 0.2) is 42.7 Å². The Morgan fingerprint density at radius 3 is 2.53 bits per heavy atom. The summed E-state index contributed by atoms with van der Waals surface area (Å²) >= 11 is 0. The van der Waals surface area contributed by atoms with E-state index in [0.29, 0.717) is 25.0 Å². The minimum atomic E-state index is 0.471. The molecule has 4 aromatic rings. The van der Waals surface area contributed by atoms with Gasteiger partial charge in [0.2, 0.25) is 0 Å². The van der Waals surface area contributed by atoms with Crippen LogP contribution >= 0.6 is 0 Å². The fourth-order valence-electron chi connectivity index (χ4n) is 4.84. The number of anilines is 1. The molecule has 6 rings (SSSR count). The Hall–Kier alpha value is -3.43. The summed E-state index contributed by atoms with van der Waals surface area (Å²) in [6.07, 6.45) is 5.77. The molecule has 0 atom stereocenters. The molecule has 0 saturated carbocycles. The van der Waals surface area contributed by atoms with Crippen LogP contribution < -0.4 is 10.2 Å². The Kier molecular flexibility index (Phi) is 5.64. The molecule has 2 aliphatic heterocycles. The molecule has 174 valence electrons. The molecule has 0 spiro atoms. The summed E-state index contributed by atoms with van der Waals surface area (Å²) in [5.74, 6) is 2.79. The number of aromatic nitrogens is 6. The van der Waals surface area contributed by atoms with Crippen molar-refractivity contribution in [3.05, 3.63) is 48.4 Å². The van der Waals surface area contributed by atoms with Gasteiger partial charge in [0.05, 0.1) is 13.2 Å². The summed E-state index contributed by atoms with van der Waals surface area (Å²) in [7, 11) is 2.00. The van der Waals surface area contributed by atoms with Crippen molar-refractivity contribution in [1.29, 1.82) is 0 Å². The van der Waals surface area contributed by atoms with Gasteiger partial charge in [-0.2, -0.15) is 0 Å². The second kappa shape index (κ2) is 9.08. The predicted octanol–water partition coefficient (Wildman–Crippen LogP) is 2.79. The molecule has 2 fully saturated rings. The third-order valence-corrected chi connectivity index (χ3v) is 6.71. The van der Waals surface area contributed by atoms with Crippen molar-refractivity contribution < 1.29 is 4.74 Å². The fourth-order valence-corrected chi connectivity index (χ4v) is 4.84. The van der Waals surface area contributed by atoms with E-state index >= 15 is 0 Å². The zero-order valence-corrected chi connectivity index (χ0v) is 19.3. The van der Waals surface area contributed by atoms with Crippen molar-refractivity contribution in [3.63, 3.8) is 0 Å². The molecular weight excluding hydrogens is 428 g/mol. The van der Waals surface area contributed by atoms with E-state index in [2.05, 4.69) is 27.3 Å². The lowest BCUT2D eigenvalue weighted by Crippen LogP contribution is -2.37. The van der Waals surface area contributed by atoms with Crippen molar-refractivity contribution in [1.82, 2.24) is 34.8 Å². The van der Waals surface area contributed by atoms with E-state index in [4.69, 9.17) is 24.7 Å². The number of imidazole rings is 1. The van der Waals surface area contributed by atoms with Gasteiger partial charge >= 0.3 is 0 Å². The van der Waals surface area contributed by atoms with Gasteiger partial charge in [0.25, 0.3) is 0 Å². The fraction of sp³-hybridized carbons (Fsp3) is 0.400. The van der Waals surface area contributed by atoms with Crippen LogP contribution in [0.3, 0.4) is 0 Å². The Balaban J connectivity index is 1.49. The van der Waals surface area contributed by atoms with Gasteiger partial charge < -0.3 is 19.5 Å². The van der Waals surface area contributed by atoms with E-state index < -0.39 is 0 Å². The van der Waals surface area contributed by atoms with E-state index in [-0.39, 0.29) is 0 Å². The van der Waals surface area contributed by atoms with Crippen LogP contribution in [-0.4, -0.2) is 68.9 Å². The third-order valence-electron chi connectivity index (χ3n) is 6.71. The van der Waals surface area contributed by atoms with Crippen molar-refractivity contribution >= 4 is 17.0 Å². The molecule has 2 saturated heterocycles. The molecule has 0 radical (unpaired) electrons. The topological polar surface area (TPSA) is 93.9 Å². The highest BCUT2D eigenvalue weighted by Gasteiger charge is 2.24. The van der Waals surface area contributed by atoms with Crippen molar-refractivity contribution in [3.8, 4) is 22.9 Å². The Labute approximate surface area is 198 Å². The zero-order chi connectivity index (χ0) is 22.9. The lowest BCUT2D eigenvalue weighted by atomic mass is 9.94. The van der Waals surface area contributed by atoms with Gasteiger partial charge in [0.1, 0.15) is 11.5 Å². The van der Waals surface area contributed by atoms with E-state index in [1.165, 1.54) is 0 Å². The second-order valence-electron chi connectivity index (χ2n) is 8.84. The molecule has 0 amide bonds. The van der Waals surface area contributed by atoms with Crippen LogP contribution in [0, 0.1) is 0 Å². The number of piperidine rings is 1. The van der Waals surface area contributed by atoms with E-state index in [1.807, 2.05) is 29.8 Å². The summed E-state index contributed by atoms with van der Waals surface area (Å²) in [5, 5.41) is 3.43. The number of morpholine rings is 1. The molecule has 2 aliphatic rings. The summed E-state index contributed by atoms with van der Waals surface area (Å²) in [6.45, 7) is 4.97. The van der Waals surface area contributed by atoms with E-state index in [9.17, 15) is 0 Å². The molecule has 1 N–H and O–H groups in total. The number of nitrogens with one attached hydrogen (secondary N) is 1. The number of rotatable bonds is 4. The highest BCUT2D eigenvalue weighted by atomic mass is 16.5. The SMILES string of the molecule is Cn1c(-c2ccncc2)nc2c(N3CCOCC3)nc(-c3cccc(C4CCNCC4)n3)nc21. The molecule has 0 aromatic carbocycles. The van der Waals surface area contributed by atoms with E-state index in [1.54, 1.807) is 12.4 Å². The lowest BCUT2D eigenvalue weighted by Gasteiger charge is -2.28. The number of nitrogens with zero attached hydrogens (tertiary/aromatic N) is 7. The summed E-state index contributed by atoms with van der Waals surface area (Å²) < 4.78 is 7.63. The van der Waals surface area contributed by atoms with Crippen molar-refractivity contribution in [2.75, 3.05) is 44.3 Å². The first-order valence-corrected chi connectivity index (χ1v) is 11.9. The third kappa shape index (κ3) is 3.91. The van der Waals surface area contributed by atoms with Crippen LogP contribution in [0.4, 0.5) is 5.82 Å². The molecular formula is C25H28N8O. The van der Waals surface area contributed by atoms with Crippen LogP contribution in [0.25, 0.3) is 34.1 Å². The first-order chi connectivity index (χ1) is 16.8. The molecule has 9 nitrogen and oxygen atoms in total. The molecule has 0 unspecified atom stereocenters. The van der Waals surface area contributed by atoms with Gasteiger partial charge in [-0.1, -0.05) is 6.07 Å². The number of hydrogen-bond acceptors (Lipinski definition) is 8. The van der Waals surface area contributed by atoms with Crippen molar-refractivity contribution in [2.24, 2.45) is 7.05 Å². The Morgan fingerprint density at radius 2 is 1.74 bits per heavy atom. The Morgan fingerprint density at radius 1 is 0.941 bits per heavy atom. The number of ether oxygens (including phenoxy) is 1. The average molecular weight is 457 g/mol. The quantitative estimate of drug-likeness (QED) is 0.501. The van der Waals surface area contributed by atoms with Gasteiger partial charge in [0.15, 0.2) is 22.8 Å². The summed E-state index contributed by atoms with van der Waals surface area (Å²) in [4.78, 5) is 26.4. The van der Waals surface area contributed by atoms with Crippen LogP contribution in [0.2, 0.25) is 0 Å². The van der Waals surface area contributed by atoms with Crippen molar-refractivity contribution in [2.45, 2.75) is 18.8 Å². The number of fused-ring (bicyclic) bond motifs is 1. The largest absolute Gasteiger partial charge is 0.378 e. The molecule has 0 bridgehead atoms. The van der Waals surface area contributed by atoms with Gasteiger partial charge in [-0.05, 0) is 50.2 Å². The number of aryl methyl sites for hydroxylation is 1. The zero-order valence-electron chi connectivity index (χ0n) is 19.3. The first kappa shape index (κ1) is 21.1. The maximum atomic E-state index is 5.59. The smallest absolute Gasteiger partial charge is 0.182 e. The van der Waals surface area contributed by atoms with E-state index in [0.717, 1.165) is 78.8 Å². The van der Waals surface area contributed by atoms with Crippen LogP contribution in [0.1, 0.15) is 24.5 Å². The molecule has 6 heterocycles. The second-order valence-corrected chi connectivity index (χ2v) is 8.84. The van der Waals surface area contributed by atoms with Gasteiger partial charge in [-0.25, -0.2) is 19.9 Å². The normalized spacial score (nSPS) is 17.4. The number of pyridine rings is 2. The lowest BCUT2D eigenvalue weighted by molar-refractivity contribution is 0.122. The average Bonchev–Trinajstić information content (AvgIpc) is 3.26. The highest BCUT2D eigenvalue weighted by Crippen LogP contribution is 2.31. The van der Waals surface area contributed by atoms with Gasteiger partial charge in [-0.3, -0.25) is 4.98 Å². The Bertz CT molecular complexity index is 1290. The van der Waals surface area contributed by atoms with Crippen LogP contribution in [-0.2, 0) is 11.8 Å². The predicted molar refractivity (Wildman–Crippen MR) is 131 cm³/mol. The summed E-state index contributed by atoms with van der Waals surface area (Å²) in [6, 6.07) is 10.1. The maximum Gasteiger partial charge on any atom is 0.182 e. The first-order valence-electron chi connectivity index (χ1n) is 11.9. The number of hydrogen-bond donors (Lipinski definition) is 1. The minimum absolute atomic E-state index is 0.471. The molecule has 4 aromatic heterocycles. The molecule has 9 heteroatoms. The van der Waals surface area contributed by atoms with Gasteiger partial charge in [0, 0.05) is 49.7 Å². The summed E-state index contributed by atoms with van der Waals surface area (Å²) in [5.41, 5.74) is 4.52. The molecule has 0 aliphatic carbocycles. The molecule has 34 heavy (non-hydrogen) atoms. The highest BCUT2D eigenvalue weighted by molar-refractivity contribution is 5.88. The van der Waals surface area contributed by atoms with Crippen LogP contribution in [0.5, 0.6) is 0 Å². The standard InChI is InChI=1S/C25H28N8O/c1-32-23(18-7-11-27-12-8-18)29-21-24(32)30-22(31-25(21)33-13-15-34-16-14-33)20-4-2-3-19(28-20)17-5-9-26-10-6-17/h2-4,7-8,11-12,17,26H,5-6,9-10,13-16H2,1H3. The monoisotopic (exact) mass is 456 g/mol. The minimum Gasteiger partial charge on any atom is -0.378 e.